The fourth-order valence-electron chi connectivity index (χ4n) is 2.94. The minimum atomic E-state index is -0.794. The number of rotatable bonds is 6. The molecule has 0 unspecified atom stereocenters. The van der Waals surface area contributed by atoms with Gasteiger partial charge in [0.05, 0.1) is 18.4 Å². The van der Waals surface area contributed by atoms with E-state index in [1.54, 1.807) is 61.5 Å². The first-order valence-corrected chi connectivity index (χ1v) is 9.73. The summed E-state index contributed by atoms with van der Waals surface area (Å²) in [4.78, 5) is 24.0. The van der Waals surface area contributed by atoms with Gasteiger partial charge < -0.3 is 18.6 Å². The third kappa shape index (κ3) is 4.75. The number of amides is 1. The van der Waals surface area contributed by atoms with E-state index in [1.807, 2.05) is 6.07 Å². The van der Waals surface area contributed by atoms with Crippen molar-refractivity contribution in [3.05, 3.63) is 72.0 Å². The molecule has 1 aliphatic heterocycles. The van der Waals surface area contributed by atoms with Crippen LogP contribution in [0.5, 0.6) is 11.5 Å². The van der Waals surface area contributed by atoms with Gasteiger partial charge in [-0.05, 0) is 43.3 Å². The van der Waals surface area contributed by atoms with Gasteiger partial charge >= 0.3 is 5.97 Å². The van der Waals surface area contributed by atoms with Crippen LogP contribution in [0.15, 0.2) is 70.2 Å². The van der Waals surface area contributed by atoms with Gasteiger partial charge in [-0.3, -0.25) is 4.79 Å². The summed E-state index contributed by atoms with van der Waals surface area (Å²) in [6, 6.07) is 17.5. The maximum Gasteiger partial charge on any atom is 0.338 e. The summed E-state index contributed by atoms with van der Waals surface area (Å²) >= 11 is 0. The van der Waals surface area contributed by atoms with Gasteiger partial charge in [0.25, 0.3) is 5.91 Å². The molecule has 1 aromatic heterocycles. The average Bonchev–Trinajstić information content (AvgIpc) is 3.28. The van der Waals surface area contributed by atoms with Gasteiger partial charge in [0.1, 0.15) is 18.1 Å². The highest BCUT2D eigenvalue weighted by Gasteiger charge is 2.27. The Balaban J connectivity index is 1.34. The lowest BCUT2D eigenvalue weighted by atomic mass is 10.1. The molecule has 0 fully saturated rings. The maximum atomic E-state index is 12.3. The first-order valence-electron chi connectivity index (χ1n) is 9.73. The normalized spacial score (nSPS) is 14.9. The largest absolute Gasteiger partial charge is 0.485 e. The van der Waals surface area contributed by atoms with Crippen molar-refractivity contribution in [2.45, 2.75) is 13.0 Å². The number of furan rings is 1. The number of fused-ring (bicyclic) bond motifs is 1. The number of esters is 1. The zero-order valence-electron chi connectivity index (χ0n) is 16.7. The highest BCUT2D eigenvalue weighted by molar-refractivity contribution is 5.90. The minimum Gasteiger partial charge on any atom is -0.485 e. The van der Waals surface area contributed by atoms with E-state index in [0.29, 0.717) is 35.2 Å². The molecule has 1 amide bonds. The Labute approximate surface area is 178 Å². The number of nitrogens with zero attached hydrogens (tertiary/aromatic N) is 1. The van der Waals surface area contributed by atoms with Crippen molar-refractivity contribution >= 4 is 18.1 Å². The average molecular weight is 420 g/mol. The topological polar surface area (TPSA) is 99.4 Å². The molecule has 2 aromatic carbocycles. The Morgan fingerprint density at radius 1 is 1.10 bits per heavy atom. The van der Waals surface area contributed by atoms with E-state index in [0.717, 1.165) is 5.56 Å². The fraction of sp³-hybridized carbons (Fsp3) is 0.174. The van der Waals surface area contributed by atoms with E-state index in [4.69, 9.17) is 18.6 Å². The molecule has 0 aliphatic carbocycles. The van der Waals surface area contributed by atoms with Gasteiger partial charge in [0.2, 0.25) is 6.10 Å². The number of hydrogen-bond donors (Lipinski definition) is 1. The highest BCUT2D eigenvalue weighted by atomic mass is 16.6. The number of carbonyl (C=O) groups excluding carboxylic acids is 2. The maximum absolute atomic E-state index is 12.3. The minimum absolute atomic E-state index is 0.102. The van der Waals surface area contributed by atoms with Crippen LogP contribution in [0.3, 0.4) is 0 Å². The van der Waals surface area contributed by atoms with Crippen molar-refractivity contribution in [1.82, 2.24) is 5.43 Å². The van der Waals surface area contributed by atoms with E-state index in [1.165, 1.54) is 6.21 Å². The predicted octanol–water partition coefficient (Wildman–Crippen LogP) is 3.41. The van der Waals surface area contributed by atoms with Crippen LogP contribution in [-0.2, 0) is 9.53 Å². The van der Waals surface area contributed by atoms with Gasteiger partial charge in [-0.1, -0.05) is 24.3 Å². The standard InChI is InChI=1S/C23H20N2O6/c1-2-28-23(27)16-9-7-15(8-10-16)18-12-11-17(30-18)13-24-25-22(26)21-14-29-19-5-3-4-6-20(19)31-21/h3-13,21H,2,14H2,1H3,(H,25,26)/b24-13-/t21-/m0/s1. The second-order valence-corrected chi connectivity index (χ2v) is 6.60. The third-order valence-electron chi connectivity index (χ3n) is 4.47. The Morgan fingerprint density at radius 3 is 2.65 bits per heavy atom. The van der Waals surface area contributed by atoms with Crippen molar-refractivity contribution in [1.29, 1.82) is 0 Å². The van der Waals surface area contributed by atoms with Crippen LogP contribution in [0.2, 0.25) is 0 Å². The van der Waals surface area contributed by atoms with Gasteiger partial charge in [0.15, 0.2) is 11.5 Å². The lowest BCUT2D eigenvalue weighted by molar-refractivity contribution is -0.130. The highest BCUT2D eigenvalue weighted by Crippen LogP contribution is 2.30. The lowest BCUT2D eigenvalue weighted by Gasteiger charge is -2.24. The second-order valence-electron chi connectivity index (χ2n) is 6.60. The van der Waals surface area contributed by atoms with Gasteiger partial charge in [-0.2, -0.15) is 5.10 Å². The van der Waals surface area contributed by atoms with Crippen molar-refractivity contribution in [2.75, 3.05) is 13.2 Å². The molecule has 4 rings (SSSR count). The van der Waals surface area contributed by atoms with Crippen molar-refractivity contribution in [3.8, 4) is 22.8 Å². The molecular formula is C23H20N2O6. The SMILES string of the molecule is CCOC(=O)c1ccc(-c2ccc(/C=N\NC(=O)[C@@H]3COc4ccccc4O3)o2)cc1. The number of carbonyl (C=O) groups is 2. The van der Waals surface area contributed by atoms with Crippen molar-refractivity contribution in [2.24, 2.45) is 5.10 Å². The Hall–Kier alpha value is -4.07. The molecule has 31 heavy (non-hydrogen) atoms. The first-order chi connectivity index (χ1) is 15.1. The van der Waals surface area contributed by atoms with E-state index >= 15 is 0 Å². The van der Waals surface area contributed by atoms with Crippen LogP contribution in [0.1, 0.15) is 23.0 Å². The van der Waals surface area contributed by atoms with E-state index in [9.17, 15) is 9.59 Å². The molecule has 1 N–H and O–H groups in total. The molecule has 0 bridgehead atoms. The first kappa shape index (κ1) is 20.2. The second kappa shape index (κ2) is 9.17. The summed E-state index contributed by atoms with van der Waals surface area (Å²) in [7, 11) is 0. The molecule has 0 saturated carbocycles. The van der Waals surface area contributed by atoms with Crippen LogP contribution < -0.4 is 14.9 Å². The zero-order valence-corrected chi connectivity index (χ0v) is 16.7. The lowest BCUT2D eigenvalue weighted by Crippen LogP contribution is -2.42. The number of hydrazone groups is 1. The Morgan fingerprint density at radius 2 is 1.87 bits per heavy atom. The fourth-order valence-corrected chi connectivity index (χ4v) is 2.94. The van der Waals surface area contributed by atoms with Crippen molar-refractivity contribution < 1.29 is 28.2 Å². The van der Waals surface area contributed by atoms with E-state index in [2.05, 4.69) is 10.5 Å². The molecule has 1 atom stereocenters. The van der Waals surface area contributed by atoms with Crippen LogP contribution in [0.4, 0.5) is 0 Å². The number of hydrogen-bond acceptors (Lipinski definition) is 7. The number of ether oxygens (including phenoxy) is 3. The van der Waals surface area contributed by atoms with Crippen LogP contribution >= 0.6 is 0 Å². The zero-order chi connectivity index (χ0) is 21.6. The number of nitrogens with one attached hydrogen (secondary N) is 1. The van der Waals surface area contributed by atoms with E-state index < -0.39 is 12.0 Å². The molecule has 0 spiro atoms. The van der Waals surface area contributed by atoms with Gasteiger partial charge in [-0.15, -0.1) is 0 Å². The quantitative estimate of drug-likeness (QED) is 0.373. The van der Waals surface area contributed by atoms with Crippen LogP contribution in [-0.4, -0.2) is 37.4 Å². The summed E-state index contributed by atoms with van der Waals surface area (Å²) in [6.07, 6.45) is 0.601. The molecule has 3 aromatic rings. The van der Waals surface area contributed by atoms with Crippen LogP contribution in [0.25, 0.3) is 11.3 Å². The Kier molecular flexibility index (Phi) is 5.98. The van der Waals surface area contributed by atoms with E-state index in [-0.39, 0.29) is 12.6 Å². The number of benzene rings is 2. The van der Waals surface area contributed by atoms with Crippen molar-refractivity contribution in [3.63, 3.8) is 0 Å². The number of para-hydroxylation sites is 2. The molecule has 0 radical (unpaired) electrons. The summed E-state index contributed by atoms with van der Waals surface area (Å²) in [5.41, 5.74) is 3.69. The molecule has 8 nitrogen and oxygen atoms in total. The van der Waals surface area contributed by atoms with Crippen LogP contribution in [0, 0.1) is 0 Å². The summed E-state index contributed by atoms with van der Waals surface area (Å²) < 4.78 is 21.8. The summed E-state index contributed by atoms with van der Waals surface area (Å²) in [5.74, 6) is 1.38. The summed E-state index contributed by atoms with van der Waals surface area (Å²) in [6.45, 7) is 2.19. The molecule has 8 heteroatoms. The molecule has 1 aliphatic rings. The predicted molar refractivity (Wildman–Crippen MR) is 112 cm³/mol. The molecular weight excluding hydrogens is 400 g/mol. The third-order valence-corrected chi connectivity index (χ3v) is 4.47. The Bertz CT molecular complexity index is 1100. The molecule has 0 saturated heterocycles. The monoisotopic (exact) mass is 420 g/mol. The summed E-state index contributed by atoms with van der Waals surface area (Å²) in [5, 5.41) is 3.92. The smallest absolute Gasteiger partial charge is 0.338 e. The van der Waals surface area contributed by atoms with Gasteiger partial charge in [0, 0.05) is 5.56 Å². The van der Waals surface area contributed by atoms with Gasteiger partial charge in [-0.25, -0.2) is 10.2 Å². The molecule has 2 heterocycles. The molecule has 158 valence electrons.